The third kappa shape index (κ3) is 6.89. The maximum absolute atomic E-state index is 13.8. The average Bonchev–Trinajstić information content (AvgIpc) is 3.61. The fourth-order valence-corrected chi connectivity index (χ4v) is 7.13. The summed E-state index contributed by atoms with van der Waals surface area (Å²) in [5.74, 6) is -0.170. The van der Waals surface area contributed by atoms with Gasteiger partial charge in [-0.3, -0.25) is 9.59 Å². The van der Waals surface area contributed by atoms with E-state index in [1.807, 2.05) is 6.92 Å². The van der Waals surface area contributed by atoms with Crippen LogP contribution in [-0.4, -0.2) is 117 Å². The molecule has 1 saturated heterocycles. The van der Waals surface area contributed by atoms with Gasteiger partial charge >= 0.3 is 5.91 Å². The van der Waals surface area contributed by atoms with Crippen LogP contribution in [0, 0.1) is 0 Å². The number of aromatic amines is 1. The van der Waals surface area contributed by atoms with Gasteiger partial charge in [-0.05, 0) is 31.2 Å². The Morgan fingerprint density at radius 1 is 1.16 bits per heavy atom. The number of carbonyl (C=O) groups excluding carboxylic acids is 2. The second-order valence-electron chi connectivity index (χ2n) is 10.8. The van der Waals surface area contributed by atoms with Crippen molar-refractivity contribution < 1.29 is 31.9 Å². The molecule has 2 atom stereocenters. The minimum atomic E-state index is -3.99. The Bertz CT molecular complexity index is 1570. The van der Waals surface area contributed by atoms with Crippen LogP contribution >= 0.6 is 11.6 Å². The maximum Gasteiger partial charge on any atom is 0.310 e. The van der Waals surface area contributed by atoms with Crippen LogP contribution in [0.3, 0.4) is 0 Å². The number of oxazole rings is 1. The molecular formula is C28H37ClN6O7S. The molecule has 0 spiro atoms. The highest BCUT2D eigenvalue weighted by atomic mass is 35.5. The first-order chi connectivity index (χ1) is 20.6. The van der Waals surface area contributed by atoms with Gasteiger partial charge in [0.05, 0.1) is 31.5 Å². The molecule has 5 rings (SSSR count). The van der Waals surface area contributed by atoms with Gasteiger partial charge in [0.25, 0.3) is 15.9 Å². The number of H-pyrrole nitrogens is 1. The number of halogens is 1. The van der Waals surface area contributed by atoms with E-state index in [2.05, 4.69) is 15.3 Å². The zero-order valence-electron chi connectivity index (χ0n) is 24.5. The number of rotatable bonds is 11. The summed E-state index contributed by atoms with van der Waals surface area (Å²) in [6.07, 6.45) is 0.524. The second-order valence-corrected chi connectivity index (χ2v) is 13.2. The number of ether oxygens (including phenoxy) is 2. The first kappa shape index (κ1) is 31.4. The van der Waals surface area contributed by atoms with Crippen LogP contribution in [0.1, 0.15) is 35.5 Å². The van der Waals surface area contributed by atoms with Gasteiger partial charge in [-0.1, -0.05) is 11.6 Å². The molecule has 2 N–H and O–H groups in total. The van der Waals surface area contributed by atoms with Gasteiger partial charge < -0.3 is 34.0 Å². The number of carbonyl (C=O) groups is 2. The maximum atomic E-state index is 13.8. The molecule has 43 heavy (non-hydrogen) atoms. The molecule has 15 heteroatoms. The number of hydrogen-bond donors (Lipinski definition) is 2. The van der Waals surface area contributed by atoms with Crippen molar-refractivity contribution in [3.63, 3.8) is 0 Å². The minimum absolute atomic E-state index is 0.0124. The molecule has 2 aromatic heterocycles. The molecule has 4 heterocycles. The molecule has 234 valence electrons. The van der Waals surface area contributed by atoms with Gasteiger partial charge in [-0.2, -0.15) is 4.31 Å². The normalized spacial score (nSPS) is 19.5. The molecular weight excluding hydrogens is 600 g/mol. The van der Waals surface area contributed by atoms with Gasteiger partial charge in [0.2, 0.25) is 5.91 Å². The standard InChI is InChI=1S/C28H37ClN6O7S/c1-18-12-23-24(16-30-18)42-27(32-23)28(37)35-7-6-34(17-21(35)15-26(36)33(8-10-40-2)9-11-41-3)43(38,39)25-14-19-13-20(29)4-5-22(19)31-25/h4-5,13-14,18,21,30-31H,6-12,15-17H2,1-3H3. The SMILES string of the molecule is COCCN(CCOC)C(=O)CC1CN(S(=O)(=O)c2cc3cc(Cl)ccc3[nH]2)CCN1C(=O)c1nc2c(o1)CNC(C)C2. The average molecular weight is 637 g/mol. The summed E-state index contributed by atoms with van der Waals surface area (Å²) in [6, 6.07) is 6.05. The topological polar surface area (TPSA) is 150 Å². The van der Waals surface area contributed by atoms with E-state index in [9.17, 15) is 18.0 Å². The largest absolute Gasteiger partial charge is 0.436 e. The predicted molar refractivity (Wildman–Crippen MR) is 158 cm³/mol. The molecule has 0 radical (unpaired) electrons. The van der Waals surface area contributed by atoms with Crippen LogP contribution in [-0.2, 0) is 37.3 Å². The van der Waals surface area contributed by atoms with Crippen molar-refractivity contribution in [2.24, 2.45) is 0 Å². The smallest absolute Gasteiger partial charge is 0.310 e. The van der Waals surface area contributed by atoms with E-state index in [4.69, 9.17) is 25.5 Å². The van der Waals surface area contributed by atoms with Crippen molar-refractivity contribution in [2.75, 3.05) is 60.2 Å². The molecule has 0 saturated carbocycles. The quantitative estimate of drug-likeness (QED) is 0.321. The fraction of sp³-hybridized carbons (Fsp3) is 0.536. The van der Waals surface area contributed by atoms with E-state index in [-0.39, 0.29) is 48.9 Å². The highest BCUT2D eigenvalue weighted by molar-refractivity contribution is 7.89. The molecule has 2 amide bonds. The van der Waals surface area contributed by atoms with Gasteiger partial charge in [0.15, 0.2) is 0 Å². The number of piperazine rings is 1. The number of methoxy groups -OCH3 is 2. The van der Waals surface area contributed by atoms with E-state index in [0.29, 0.717) is 61.0 Å². The summed E-state index contributed by atoms with van der Waals surface area (Å²) in [4.78, 5) is 37.9. The van der Waals surface area contributed by atoms with Crippen LogP contribution in [0.2, 0.25) is 5.02 Å². The van der Waals surface area contributed by atoms with Crippen molar-refractivity contribution in [3.8, 4) is 0 Å². The number of nitrogens with zero attached hydrogens (tertiary/aromatic N) is 4. The number of hydrogen-bond acceptors (Lipinski definition) is 9. The van der Waals surface area contributed by atoms with Crippen LogP contribution in [0.15, 0.2) is 33.7 Å². The van der Waals surface area contributed by atoms with E-state index >= 15 is 0 Å². The minimum Gasteiger partial charge on any atom is -0.436 e. The number of aromatic nitrogens is 2. The van der Waals surface area contributed by atoms with Gasteiger partial charge in [-0.25, -0.2) is 13.4 Å². The molecule has 3 aromatic rings. The Morgan fingerprint density at radius 2 is 1.91 bits per heavy atom. The zero-order chi connectivity index (χ0) is 30.7. The number of sulfonamides is 1. The molecule has 13 nitrogen and oxygen atoms in total. The third-order valence-electron chi connectivity index (χ3n) is 7.85. The molecule has 2 unspecified atom stereocenters. The van der Waals surface area contributed by atoms with E-state index in [0.717, 1.165) is 5.69 Å². The summed E-state index contributed by atoms with van der Waals surface area (Å²) < 4.78 is 45.1. The Morgan fingerprint density at radius 3 is 2.63 bits per heavy atom. The summed E-state index contributed by atoms with van der Waals surface area (Å²) >= 11 is 6.10. The van der Waals surface area contributed by atoms with Crippen LogP contribution in [0.5, 0.6) is 0 Å². The van der Waals surface area contributed by atoms with E-state index < -0.39 is 22.0 Å². The van der Waals surface area contributed by atoms with Gasteiger partial charge in [-0.15, -0.1) is 0 Å². The van der Waals surface area contributed by atoms with Gasteiger partial charge in [0, 0.05) is 81.8 Å². The van der Waals surface area contributed by atoms with Crippen LogP contribution in [0.4, 0.5) is 0 Å². The Kier molecular flexibility index (Phi) is 9.73. The predicted octanol–water partition coefficient (Wildman–Crippen LogP) is 1.87. The second kappa shape index (κ2) is 13.3. The monoisotopic (exact) mass is 636 g/mol. The Hall–Kier alpha value is -3.01. The van der Waals surface area contributed by atoms with Gasteiger partial charge in [0.1, 0.15) is 10.8 Å². The van der Waals surface area contributed by atoms with E-state index in [1.54, 1.807) is 37.3 Å². The van der Waals surface area contributed by atoms with Crippen molar-refractivity contribution in [1.82, 2.24) is 29.4 Å². The molecule has 0 aliphatic carbocycles. The zero-order valence-corrected chi connectivity index (χ0v) is 26.0. The molecule has 2 aliphatic heterocycles. The van der Waals surface area contributed by atoms with Crippen molar-refractivity contribution in [2.45, 2.75) is 43.4 Å². The lowest BCUT2D eigenvalue weighted by Gasteiger charge is -2.40. The molecule has 1 fully saturated rings. The van der Waals surface area contributed by atoms with Crippen LogP contribution < -0.4 is 5.32 Å². The third-order valence-corrected chi connectivity index (χ3v) is 9.87. The molecule has 1 aromatic carbocycles. The van der Waals surface area contributed by atoms with Crippen molar-refractivity contribution in [3.05, 3.63) is 46.6 Å². The summed E-state index contributed by atoms with van der Waals surface area (Å²) in [6.45, 7) is 3.80. The lowest BCUT2D eigenvalue weighted by Crippen LogP contribution is -2.58. The number of benzene rings is 1. The number of nitrogens with one attached hydrogen (secondary N) is 2. The summed E-state index contributed by atoms with van der Waals surface area (Å²) in [5.41, 5.74) is 1.36. The van der Waals surface area contributed by atoms with Crippen LogP contribution in [0.25, 0.3) is 10.9 Å². The number of amides is 2. The highest BCUT2D eigenvalue weighted by Crippen LogP contribution is 2.28. The Labute approximate surface area is 255 Å². The van der Waals surface area contributed by atoms with Crippen molar-refractivity contribution in [1.29, 1.82) is 0 Å². The summed E-state index contributed by atoms with van der Waals surface area (Å²) in [7, 11) is -0.894. The lowest BCUT2D eigenvalue weighted by atomic mass is 10.1. The van der Waals surface area contributed by atoms with Crippen molar-refractivity contribution >= 4 is 44.3 Å². The molecule has 2 aliphatic rings. The first-order valence-electron chi connectivity index (χ1n) is 14.2. The lowest BCUT2D eigenvalue weighted by molar-refractivity contribution is -0.134. The number of fused-ring (bicyclic) bond motifs is 2. The Balaban J connectivity index is 1.41. The fourth-order valence-electron chi connectivity index (χ4n) is 5.46. The highest BCUT2D eigenvalue weighted by Gasteiger charge is 2.40. The summed E-state index contributed by atoms with van der Waals surface area (Å²) in [5, 5.41) is 4.45. The molecule has 0 bridgehead atoms. The first-order valence-corrected chi connectivity index (χ1v) is 16.0. The van der Waals surface area contributed by atoms with E-state index in [1.165, 1.54) is 15.3 Å².